The Kier molecular flexibility index (Phi) is 2.35. The third-order valence-electron chi connectivity index (χ3n) is 2.67. The van der Waals surface area contributed by atoms with Gasteiger partial charge >= 0.3 is 0 Å². The van der Waals surface area contributed by atoms with Crippen molar-refractivity contribution in [1.82, 2.24) is 0 Å². The number of fused-ring (bicyclic) bond motifs is 1. The molecule has 0 saturated carbocycles. The fourth-order valence-corrected chi connectivity index (χ4v) is 1.83. The molecule has 0 fully saturated rings. The van der Waals surface area contributed by atoms with Crippen molar-refractivity contribution in [1.29, 1.82) is 0 Å². The van der Waals surface area contributed by atoms with E-state index in [1.807, 2.05) is 54.6 Å². The van der Waals surface area contributed by atoms with Gasteiger partial charge in [0.1, 0.15) is 5.75 Å². The number of ether oxygens (including phenoxy) is 2. The van der Waals surface area contributed by atoms with Crippen LogP contribution in [0, 0.1) is 0 Å². The summed E-state index contributed by atoms with van der Waals surface area (Å²) in [6.07, 6.45) is -0.281. The molecule has 0 amide bonds. The van der Waals surface area contributed by atoms with Crippen LogP contribution in [0.5, 0.6) is 5.75 Å². The second-order valence-electron chi connectivity index (χ2n) is 3.78. The quantitative estimate of drug-likeness (QED) is 0.722. The van der Waals surface area contributed by atoms with E-state index >= 15 is 0 Å². The van der Waals surface area contributed by atoms with Crippen molar-refractivity contribution >= 4 is 0 Å². The molecule has 2 aromatic rings. The smallest absolute Gasteiger partial charge is 0.227 e. The normalized spacial score (nSPS) is 18.6. The van der Waals surface area contributed by atoms with Crippen molar-refractivity contribution < 1.29 is 9.47 Å². The van der Waals surface area contributed by atoms with Gasteiger partial charge in [-0.25, -0.2) is 0 Å². The van der Waals surface area contributed by atoms with Gasteiger partial charge in [0.25, 0.3) is 0 Å². The van der Waals surface area contributed by atoms with E-state index in [0.717, 1.165) is 16.9 Å². The molecule has 80 valence electrons. The molecule has 0 aromatic heterocycles. The summed E-state index contributed by atoms with van der Waals surface area (Å²) in [7, 11) is 0. The van der Waals surface area contributed by atoms with Crippen molar-refractivity contribution in [3.05, 3.63) is 65.7 Å². The molecule has 1 atom stereocenters. The summed E-state index contributed by atoms with van der Waals surface area (Å²) in [6.45, 7) is 0.607. The minimum absolute atomic E-state index is 0.281. The summed E-state index contributed by atoms with van der Waals surface area (Å²) in [5.41, 5.74) is 2.16. The molecule has 1 aliphatic heterocycles. The standard InChI is InChI=1S/C14H12O2/c1-2-6-11(7-3-1)14-15-10-12-8-4-5-9-13(12)16-14/h1-9,14H,10H2. The van der Waals surface area contributed by atoms with Gasteiger partial charge in [-0.1, -0.05) is 48.5 Å². The Labute approximate surface area is 94.4 Å². The molecule has 0 spiro atoms. The number of para-hydroxylation sites is 1. The molecule has 3 rings (SSSR count). The van der Waals surface area contributed by atoms with E-state index in [1.54, 1.807) is 0 Å². The summed E-state index contributed by atoms with van der Waals surface area (Å²) in [6, 6.07) is 18.0. The van der Waals surface area contributed by atoms with Crippen LogP contribution in [0.4, 0.5) is 0 Å². The lowest BCUT2D eigenvalue weighted by Crippen LogP contribution is -2.17. The highest BCUT2D eigenvalue weighted by Crippen LogP contribution is 2.32. The lowest BCUT2D eigenvalue weighted by Gasteiger charge is -2.26. The predicted molar refractivity (Wildman–Crippen MR) is 61.0 cm³/mol. The highest BCUT2D eigenvalue weighted by atomic mass is 16.7. The minimum Gasteiger partial charge on any atom is -0.460 e. The summed E-state index contributed by atoms with van der Waals surface area (Å²) < 4.78 is 11.5. The van der Waals surface area contributed by atoms with Crippen LogP contribution in [0.2, 0.25) is 0 Å². The van der Waals surface area contributed by atoms with Crippen LogP contribution >= 0.6 is 0 Å². The highest BCUT2D eigenvalue weighted by molar-refractivity contribution is 5.34. The van der Waals surface area contributed by atoms with E-state index in [1.165, 1.54) is 0 Å². The van der Waals surface area contributed by atoms with Crippen LogP contribution in [0.15, 0.2) is 54.6 Å². The maximum Gasteiger partial charge on any atom is 0.227 e. The predicted octanol–water partition coefficient (Wildman–Crippen LogP) is 3.29. The number of hydrogen-bond acceptors (Lipinski definition) is 2. The first-order valence-corrected chi connectivity index (χ1v) is 5.34. The third-order valence-corrected chi connectivity index (χ3v) is 2.67. The van der Waals surface area contributed by atoms with Gasteiger partial charge in [0.05, 0.1) is 6.61 Å². The number of hydrogen-bond donors (Lipinski definition) is 0. The van der Waals surface area contributed by atoms with E-state index < -0.39 is 0 Å². The lowest BCUT2D eigenvalue weighted by molar-refractivity contribution is -0.111. The second kappa shape index (κ2) is 3.99. The zero-order valence-electron chi connectivity index (χ0n) is 8.80. The van der Waals surface area contributed by atoms with Gasteiger partial charge in [0.15, 0.2) is 0 Å². The molecule has 0 saturated heterocycles. The maximum atomic E-state index is 5.80. The number of rotatable bonds is 1. The lowest BCUT2D eigenvalue weighted by atomic mass is 10.1. The Bertz CT molecular complexity index is 479. The SMILES string of the molecule is c1ccc(C2OCc3ccccc3O2)cc1. The Morgan fingerprint density at radius 3 is 2.50 bits per heavy atom. The molecular weight excluding hydrogens is 200 g/mol. The number of benzene rings is 2. The Balaban J connectivity index is 1.89. The van der Waals surface area contributed by atoms with Gasteiger partial charge in [-0.15, -0.1) is 0 Å². The molecule has 0 N–H and O–H groups in total. The molecule has 2 heteroatoms. The van der Waals surface area contributed by atoms with Gasteiger partial charge in [0, 0.05) is 11.1 Å². The fourth-order valence-electron chi connectivity index (χ4n) is 1.83. The Morgan fingerprint density at radius 2 is 1.62 bits per heavy atom. The third kappa shape index (κ3) is 1.68. The molecule has 0 radical (unpaired) electrons. The Hall–Kier alpha value is -1.80. The van der Waals surface area contributed by atoms with Gasteiger partial charge in [0.2, 0.25) is 6.29 Å². The highest BCUT2D eigenvalue weighted by Gasteiger charge is 2.20. The largest absolute Gasteiger partial charge is 0.460 e. The molecule has 1 unspecified atom stereocenters. The molecule has 2 aromatic carbocycles. The van der Waals surface area contributed by atoms with Crippen molar-refractivity contribution in [3.63, 3.8) is 0 Å². The van der Waals surface area contributed by atoms with Crippen molar-refractivity contribution in [3.8, 4) is 5.75 Å². The fraction of sp³-hybridized carbons (Fsp3) is 0.143. The molecule has 1 aliphatic rings. The monoisotopic (exact) mass is 212 g/mol. The van der Waals surface area contributed by atoms with E-state index in [-0.39, 0.29) is 6.29 Å². The van der Waals surface area contributed by atoms with Gasteiger partial charge in [-0.2, -0.15) is 0 Å². The van der Waals surface area contributed by atoms with Gasteiger partial charge < -0.3 is 9.47 Å². The molecule has 0 aliphatic carbocycles. The first-order chi connectivity index (χ1) is 7.93. The van der Waals surface area contributed by atoms with E-state index in [9.17, 15) is 0 Å². The van der Waals surface area contributed by atoms with Crippen LogP contribution in [0.3, 0.4) is 0 Å². The first-order valence-electron chi connectivity index (χ1n) is 5.34. The molecule has 2 nitrogen and oxygen atoms in total. The van der Waals surface area contributed by atoms with Crippen LogP contribution in [-0.4, -0.2) is 0 Å². The second-order valence-corrected chi connectivity index (χ2v) is 3.78. The topological polar surface area (TPSA) is 18.5 Å². The van der Waals surface area contributed by atoms with E-state index in [4.69, 9.17) is 9.47 Å². The van der Waals surface area contributed by atoms with Crippen LogP contribution in [0.1, 0.15) is 17.4 Å². The van der Waals surface area contributed by atoms with E-state index in [2.05, 4.69) is 0 Å². The molecular formula is C14H12O2. The summed E-state index contributed by atoms with van der Waals surface area (Å²) in [4.78, 5) is 0. The first kappa shape index (κ1) is 9.43. The zero-order chi connectivity index (χ0) is 10.8. The average molecular weight is 212 g/mol. The van der Waals surface area contributed by atoms with Crippen LogP contribution in [0.25, 0.3) is 0 Å². The Morgan fingerprint density at radius 1 is 0.875 bits per heavy atom. The average Bonchev–Trinajstić information content (AvgIpc) is 2.39. The summed E-state index contributed by atoms with van der Waals surface area (Å²) in [5, 5.41) is 0. The van der Waals surface area contributed by atoms with Crippen LogP contribution in [-0.2, 0) is 11.3 Å². The maximum absolute atomic E-state index is 5.80. The van der Waals surface area contributed by atoms with Gasteiger partial charge in [-0.3, -0.25) is 0 Å². The minimum atomic E-state index is -0.281. The molecule has 16 heavy (non-hydrogen) atoms. The molecule has 1 heterocycles. The van der Waals surface area contributed by atoms with Crippen molar-refractivity contribution in [2.45, 2.75) is 12.9 Å². The molecule has 0 bridgehead atoms. The van der Waals surface area contributed by atoms with Crippen molar-refractivity contribution in [2.24, 2.45) is 0 Å². The van der Waals surface area contributed by atoms with Crippen LogP contribution < -0.4 is 4.74 Å². The van der Waals surface area contributed by atoms with E-state index in [0.29, 0.717) is 6.61 Å². The van der Waals surface area contributed by atoms with Gasteiger partial charge in [-0.05, 0) is 6.07 Å². The summed E-state index contributed by atoms with van der Waals surface area (Å²) >= 11 is 0. The van der Waals surface area contributed by atoms with Crippen molar-refractivity contribution in [2.75, 3.05) is 0 Å². The zero-order valence-corrected chi connectivity index (χ0v) is 8.80. The summed E-state index contributed by atoms with van der Waals surface area (Å²) in [5.74, 6) is 0.919.